The molecular weight excluding hydrogens is 384 g/mol. The Morgan fingerprint density at radius 2 is 2.03 bits per heavy atom. The molecule has 1 aliphatic carbocycles. The fourth-order valence-corrected chi connectivity index (χ4v) is 4.75. The van der Waals surface area contributed by atoms with Gasteiger partial charge in [-0.1, -0.05) is 6.07 Å². The molecule has 4 aromatic rings. The minimum atomic E-state index is -0.00608. The largest absolute Gasteiger partial charge is 0.349 e. The first-order valence-electron chi connectivity index (χ1n) is 9.71. The Hall–Kier alpha value is -3.13. The van der Waals surface area contributed by atoms with Crippen LogP contribution in [0.15, 0.2) is 54.7 Å². The van der Waals surface area contributed by atoms with Gasteiger partial charge in [-0.3, -0.25) is 9.48 Å². The first-order chi connectivity index (χ1) is 14.3. The number of amides is 1. The Bertz CT molecular complexity index is 1130. The molecule has 5 rings (SSSR count). The molecule has 1 aliphatic rings. The molecule has 3 aromatic heterocycles. The van der Waals surface area contributed by atoms with Gasteiger partial charge in [0.05, 0.1) is 39.2 Å². The molecule has 146 valence electrons. The van der Waals surface area contributed by atoms with Gasteiger partial charge in [-0.15, -0.1) is 11.3 Å². The Kier molecular flexibility index (Phi) is 4.77. The molecule has 0 unspecified atom stereocenters. The third-order valence-electron chi connectivity index (χ3n) is 5.49. The predicted octanol–water partition coefficient (Wildman–Crippen LogP) is 3.86. The zero-order chi connectivity index (χ0) is 19.6. The molecule has 0 bridgehead atoms. The quantitative estimate of drug-likeness (QED) is 0.558. The highest BCUT2D eigenvalue weighted by atomic mass is 32.1. The molecule has 1 aromatic carbocycles. The molecule has 3 heterocycles. The van der Waals surface area contributed by atoms with E-state index < -0.39 is 0 Å². The van der Waals surface area contributed by atoms with Crippen LogP contribution in [0.1, 0.15) is 42.1 Å². The number of rotatable bonds is 4. The van der Waals surface area contributed by atoms with E-state index >= 15 is 0 Å². The van der Waals surface area contributed by atoms with Crippen molar-refractivity contribution in [2.24, 2.45) is 0 Å². The third-order valence-corrected chi connectivity index (χ3v) is 6.36. The highest BCUT2D eigenvalue weighted by molar-refractivity contribution is 7.17. The maximum absolute atomic E-state index is 12.8. The van der Waals surface area contributed by atoms with E-state index in [-0.39, 0.29) is 11.9 Å². The highest BCUT2D eigenvalue weighted by Crippen LogP contribution is 2.30. The number of fused-ring (bicyclic) bond motifs is 1. The van der Waals surface area contributed by atoms with E-state index in [1.807, 2.05) is 35.1 Å². The fraction of sp³-hybridized carbons (Fsp3) is 0.286. The SMILES string of the molecule is O=C(NC1CCC(n2cc(-c3ccncn3)cn2)CC1)c1cccc2ncsc12. The van der Waals surface area contributed by atoms with Crippen LogP contribution in [0.5, 0.6) is 0 Å². The molecule has 0 atom stereocenters. The van der Waals surface area contributed by atoms with Crippen molar-refractivity contribution in [3.05, 3.63) is 60.3 Å². The van der Waals surface area contributed by atoms with Gasteiger partial charge in [0.25, 0.3) is 5.91 Å². The maximum Gasteiger partial charge on any atom is 0.253 e. The number of aromatic nitrogens is 5. The summed E-state index contributed by atoms with van der Waals surface area (Å²) in [6.07, 6.45) is 11.0. The number of benzene rings is 1. The summed E-state index contributed by atoms with van der Waals surface area (Å²) in [4.78, 5) is 25.3. The van der Waals surface area contributed by atoms with Crippen LogP contribution in [0.2, 0.25) is 0 Å². The molecule has 7 nitrogen and oxygen atoms in total. The zero-order valence-electron chi connectivity index (χ0n) is 15.7. The van der Waals surface area contributed by atoms with Crippen LogP contribution in [0.4, 0.5) is 0 Å². The van der Waals surface area contributed by atoms with Crippen LogP contribution in [-0.4, -0.2) is 36.7 Å². The van der Waals surface area contributed by atoms with Gasteiger partial charge in [-0.2, -0.15) is 5.10 Å². The number of hydrogen-bond donors (Lipinski definition) is 1. The van der Waals surface area contributed by atoms with Gasteiger partial charge in [0.2, 0.25) is 0 Å². The lowest BCUT2D eigenvalue weighted by molar-refractivity contribution is 0.0923. The van der Waals surface area contributed by atoms with Gasteiger partial charge in [0.15, 0.2) is 0 Å². The normalized spacial score (nSPS) is 19.3. The number of hydrogen-bond acceptors (Lipinski definition) is 6. The lowest BCUT2D eigenvalue weighted by atomic mass is 9.91. The molecule has 0 radical (unpaired) electrons. The Labute approximate surface area is 171 Å². The zero-order valence-corrected chi connectivity index (χ0v) is 16.5. The highest BCUT2D eigenvalue weighted by Gasteiger charge is 2.25. The maximum atomic E-state index is 12.8. The predicted molar refractivity (Wildman–Crippen MR) is 112 cm³/mol. The van der Waals surface area contributed by atoms with Crippen LogP contribution in [0, 0.1) is 0 Å². The summed E-state index contributed by atoms with van der Waals surface area (Å²) < 4.78 is 2.99. The summed E-state index contributed by atoms with van der Waals surface area (Å²) in [5, 5.41) is 7.75. The third kappa shape index (κ3) is 3.63. The van der Waals surface area contributed by atoms with Gasteiger partial charge in [-0.25, -0.2) is 15.0 Å². The molecule has 1 N–H and O–H groups in total. The van der Waals surface area contributed by atoms with Gasteiger partial charge in [0.1, 0.15) is 6.33 Å². The summed E-state index contributed by atoms with van der Waals surface area (Å²) in [5.41, 5.74) is 5.26. The van der Waals surface area contributed by atoms with Crippen molar-refractivity contribution in [3.8, 4) is 11.3 Å². The van der Waals surface area contributed by atoms with E-state index in [1.54, 1.807) is 18.0 Å². The van der Waals surface area contributed by atoms with E-state index in [4.69, 9.17) is 0 Å². The number of carbonyl (C=O) groups excluding carboxylic acids is 1. The summed E-state index contributed by atoms with van der Waals surface area (Å²) in [6, 6.07) is 8.13. The Morgan fingerprint density at radius 1 is 1.14 bits per heavy atom. The number of carbonyl (C=O) groups is 1. The van der Waals surface area contributed by atoms with E-state index in [0.717, 1.165) is 47.2 Å². The van der Waals surface area contributed by atoms with E-state index in [0.29, 0.717) is 11.6 Å². The second-order valence-corrected chi connectivity index (χ2v) is 8.14. The van der Waals surface area contributed by atoms with Crippen LogP contribution < -0.4 is 5.32 Å². The molecule has 0 aliphatic heterocycles. The fourth-order valence-electron chi connectivity index (χ4n) is 3.94. The van der Waals surface area contributed by atoms with Crippen molar-refractivity contribution in [2.75, 3.05) is 0 Å². The van der Waals surface area contributed by atoms with Crippen LogP contribution >= 0.6 is 11.3 Å². The average molecular weight is 404 g/mol. The van der Waals surface area contributed by atoms with Gasteiger partial charge in [-0.05, 0) is 43.9 Å². The molecule has 8 heteroatoms. The van der Waals surface area contributed by atoms with Crippen LogP contribution in [-0.2, 0) is 0 Å². The lowest BCUT2D eigenvalue weighted by Crippen LogP contribution is -2.38. The smallest absolute Gasteiger partial charge is 0.253 e. The molecular formula is C21H20N6OS. The lowest BCUT2D eigenvalue weighted by Gasteiger charge is -2.29. The first kappa shape index (κ1) is 17.9. The monoisotopic (exact) mass is 404 g/mol. The van der Waals surface area contributed by atoms with Crippen molar-refractivity contribution in [1.29, 1.82) is 0 Å². The molecule has 1 fully saturated rings. The number of nitrogens with one attached hydrogen (secondary N) is 1. The van der Waals surface area contributed by atoms with E-state index in [2.05, 4.69) is 31.6 Å². The van der Waals surface area contributed by atoms with Crippen molar-refractivity contribution < 1.29 is 4.79 Å². The summed E-state index contributed by atoms with van der Waals surface area (Å²) in [5.74, 6) is -0.00608. The topological polar surface area (TPSA) is 85.6 Å². The van der Waals surface area contributed by atoms with E-state index in [1.165, 1.54) is 11.3 Å². The van der Waals surface area contributed by atoms with Crippen molar-refractivity contribution >= 4 is 27.5 Å². The summed E-state index contributed by atoms with van der Waals surface area (Å²) >= 11 is 1.51. The summed E-state index contributed by atoms with van der Waals surface area (Å²) in [7, 11) is 0. The molecule has 0 spiro atoms. The standard InChI is InChI=1S/C21H20N6OS/c28-21(17-2-1-3-19-20(17)29-13-24-19)26-15-4-6-16(7-5-15)27-11-14(10-25-27)18-8-9-22-12-23-18/h1-3,8-13,15-16H,4-7H2,(H,26,28). The van der Waals surface area contributed by atoms with Crippen LogP contribution in [0.3, 0.4) is 0 Å². The minimum Gasteiger partial charge on any atom is -0.349 e. The van der Waals surface area contributed by atoms with Crippen molar-refractivity contribution in [3.63, 3.8) is 0 Å². The van der Waals surface area contributed by atoms with Crippen LogP contribution in [0.25, 0.3) is 21.5 Å². The first-order valence-corrected chi connectivity index (χ1v) is 10.6. The second-order valence-electron chi connectivity index (χ2n) is 7.29. The second kappa shape index (κ2) is 7.71. The van der Waals surface area contributed by atoms with Gasteiger partial charge in [0, 0.05) is 24.0 Å². The molecule has 29 heavy (non-hydrogen) atoms. The van der Waals surface area contributed by atoms with Gasteiger partial charge >= 0.3 is 0 Å². The Morgan fingerprint density at radius 3 is 2.86 bits per heavy atom. The number of thiazole rings is 1. The molecule has 1 saturated carbocycles. The number of nitrogens with zero attached hydrogens (tertiary/aromatic N) is 5. The molecule has 0 saturated heterocycles. The summed E-state index contributed by atoms with van der Waals surface area (Å²) in [6.45, 7) is 0. The van der Waals surface area contributed by atoms with Gasteiger partial charge < -0.3 is 5.32 Å². The average Bonchev–Trinajstić information content (AvgIpc) is 3.44. The molecule has 1 amide bonds. The van der Waals surface area contributed by atoms with E-state index in [9.17, 15) is 4.79 Å². The Balaban J connectivity index is 1.21. The van der Waals surface area contributed by atoms with Crippen molar-refractivity contribution in [1.82, 2.24) is 30.0 Å². The minimum absolute atomic E-state index is 0.00608. The van der Waals surface area contributed by atoms with Crippen molar-refractivity contribution in [2.45, 2.75) is 37.8 Å².